The highest BCUT2D eigenvalue weighted by atomic mass is 79.9. The molecular formula is C14H21BrO. The van der Waals surface area contributed by atoms with E-state index in [9.17, 15) is 5.11 Å². The fourth-order valence-corrected chi connectivity index (χ4v) is 2.23. The van der Waals surface area contributed by atoms with Crippen molar-refractivity contribution in [2.24, 2.45) is 5.92 Å². The first-order chi connectivity index (χ1) is 7.59. The quantitative estimate of drug-likeness (QED) is 0.831. The molecule has 16 heavy (non-hydrogen) atoms. The molecule has 1 nitrogen and oxygen atoms in total. The van der Waals surface area contributed by atoms with Crippen LogP contribution in [0.2, 0.25) is 0 Å². The molecule has 0 aliphatic heterocycles. The van der Waals surface area contributed by atoms with Gasteiger partial charge in [-0.2, -0.15) is 0 Å². The van der Waals surface area contributed by atoms with Crippen LogP contribution in [0.4, 0.5) is 0 Å². The zero-order chi connectivity index (χ0) is 12.0. The Kier molecular flexibility index (Phi) is 6.07. The lowest BCUT2D eigenvalue weighted by Gasteiger charge is -2.12. The second kappa shape index (κ2) is 7.08. The second-order valence-electron chi connectivity index (χ2n) is 4.77. The smallest absolute Gasteiger partial charge is 0.0581 e. The Morgan fingerprint density at radius 2 is 1.88 bits per heavy atom. The Morgan fingerprint density at radius 1 is 1.19 bits per heavy atom. The lowest BCUT2D eigenvalue weighted by atomic mass is 10.0. The maximum absolute atomic E-state index is 9.92. The van der Waals surface area contributed by atoms with Crippen LogP contribution >= 0.6 is 15.9 Å². The van der Waals surface area contributed by atoms with Crippen molar-refractivity contribution in [1.82, 2.24) is 0 Å². The van der Waals surface area contributed by atoms with Gasteiger partial charge < -0.3 is 5.11 Å². The average molecular weight is 285 g/mol. The first-order valence-electron chi connectivity index (χ1n) is 6.01. The number of hydrogen-bond donors (Lipinski definition) is 1. The van der Waals surface area contributed by atoms with Crippen molar-refractivity contribution in [1.29, 1.82) is 0 Å². The molecule has 1 aromatic carbocycles. The molecule has 1 rings (SSSR count). The van der Waals surface area contributed by atoms with Crippen molar-refractivity contribution >= 4 is 15.9 Å². The van der Waals surface area contributed by atoms with E-state index in [-0.39, 0.29) is 6.10 Å². The van der Waals surface area contributed by atoms with Crippen LogP contribution in [-0.4, -0.2) is 11.2 Å². The molecule has 1 unspecified atom stereocenters. The van der Waals surface area contributed by atoms with Gasteiger partial charge >= 0.3 is 0 Å². The number of rotatable bonds is 6. The summed E-state index contributed by atoms with van der Waals surface area (Å²) in [6.45, 7) is 4.44. The molecule has 2 heteroatoms. The topological polar surface area (TPSA) is 20.2 Å². The zero-order valence-electron chi connectivity index (χ0n) is 10.1. The second-order valence-corrected chi connectivity index (χ2v) is 5.63. The summed E-state index contributed by atoms with van der Waals surface area (Å²) in [6, 6.07) is 8.10. The summed E-state index contributed by atoms with van der Waals surface area (Å²) in [4.78, 5) is 0. The number of hydrogen-bond acceptors (Lipinski definition) is 1. The Balaban J connectivity index is 2.34. The van der Waals surface area contributed by atoms with Gasteiger partial charge in [0.2, 0.25) is 0 Å². The van der Waals surface area contributed by atoms with Crippen molar-refractivity contribution in [3.05, 3.63) is 34.3 Å². The van der Waals surface area contributed by atoms with Gasteiger partial charge in [-0.1, -0.05) is 60.8 Å². The summed E-state index contributed by atoms with van der Waals surface area (Å²) < 4.78 is 1.10. The Bertz CT molecular complexity index is 309. The minimum absolute atomic E-state index is 0.211. The van der Waals surface area contributed by atoms with E-state index in [0.29, 0.717) is 0 Å². The highest BCUT2D eigenvalue weighted by molar-refractivity contribution is 9.10. The lowest BCUT2D eigenvalue weighted by molar-refractivity contribution is 0.159. The van der Waals surface area contributed by atoms with Gasteiger partial charge in [0.1, 0.15) is 0 Å². The lowest BCUT2D eigenvalue weighted by Crippen LogP contribution is -2.11. The Hall–Kier alpha value is -0.340. The van der Waals surface area contributed by atoms with Gasteiger partial charge in [0.05, 0.1) is 6.10 Å². The Morgan fingerprint density at radius 3 is 2.50 bits per heavy atom. The van der Waals surface area contributed by atoms with Gasteiger partial charge in [-0.25, -0.2) is 0 Å². The zero-order valence-corrected chi connectivity index (χ0v) is 11.7. The molecule has 0 aromatic heterocycles. The molecule has 0 radical (unpaired) electrons. The molecule has 1 aromatic rings. The van der Waals surface area contributed by atoms with Crippen LogP contribution in [0, 0.1) is 5.92 Å². The minimum atomic E-state index is -0.211. The average Bonchev–Trinajstić information content (AvgIpc) is 2.21. The summed E-state index contributed by atoms with van der Waals surface area (Å²) in [5, 5.41) is 9.92. The fraction of sp³-hybridized carbons (Fsp3) is 0.571. The van der Waals surface area contributed by atoms with Crippen LogP contribution in [0.25, 0.3) is 0 Å². The molecule has 0 saturated carbocycles. The van der Waals surface area contributed by atoms with Crippen molar-refractivity contribution < 1.29 is 5.11 Å². The molecule has 0 bridgehead atoms. The molecule has 0 aliphatic rings. The summed E-state index contributed by atoms with van der Waals surface area (Å²) >= 11 is 3.51. The number of aliphatic hydroxyl groups excluding tert-OH is 1. The molecule has 1 atom stereocenters. The molecule has 1 N–H and O–H groups in total. The molecule has 0 heterocycles. The van der Waals surface area contributed by atoms with Crippen LogP contribution in [0.15, 0.2) is 28.7 Å². The summed E-state index contributed by atoms with van der Waals surface area (Å²) in [5.74, 6) is 0.732. The van der Waals surface area contributed by atoms with Gasteiger partial charge in [0, 0.05) is 4.47 Å². The predicted octanol–water partition coefficient (Wildman–Crippen LogP) is 4.18. The highest BCUT2D eigenvalue weighted by Crippen LogP contribution is 2.19. The van der Waals surface area contributed by atoms with E-state index in [1.165, 1.54) is 12.0 Å². The standard InChI is InChI=1S/C14H21BrO/c1-11(2)6-5-8-13(16)10-12-7-3-4-9-14(12)15/h3-4,7,9,11,13,16H,5-6,8,10H2,1-2H3. The monoisotopic (exact) mass is 284 g/mol. The van der Waals surface area contributed by atoms with Crippen LogP contribution < -0.4 is 0 Å². The van der Waals surface area contributed by atoms with E-state index >= 15 is 0 Å². The molecule has 0 amide bonds. The van der Waals surface area contributed by atoms with E-state index in [2.05, 4.69) is 35.8 Å². The van der Waals surface area contributed by atoms with Crippen molar-refractivity contribution in [2.45, 2.75) is 45.6 Å². The number of benzene rings is 1. The maximum atomic E-state index is 9.92. The minimum Gasteiger partial charge on any atom is -0.393 e. The third-order valence-electron chi connectivity index (χ3n) is 2.73. The van der Waals surface area contributed by atoms with Crippen molar-refractivity contribution in [3.8, 4) is 0 Å². The van der Waals surface area contributed by atoms with Crippen LogP contribution in [-0.2, 0) is 6.42 Å². The van der Waals surface area contributed by atoms with E-state index in [1.54, 1.807) is 0 Å². The predicted molar refractivity (Wildman–Crippen MR) is 72.5 cm³/mol. The summed E-state index contributed by atoms with van der Waals surface area (Å²) in [6.07, 6.45) is 3.76. The fourth-order valence-electron chi connectivity index (χ4n) is 1.78. The van der Waals surface area contributed by atoms with Crippen LogP contribution in [0.1, 0.15) is 38.7 Å². The number of aliphatic hydroxyl groups is 1. The summed E-state index contributed by atoms with van der Waals surface area (Å²) in [5.41, 5.74) is 1.19. The third kappa shape index (κ3) is 5.13. The van der Waals surface area contributed by atoms with E-state index in [4.69, 9.17) is 0 Å². The SMILES string of the molecule is CC(C)CCCC(O)Cc1ccccc1Br. The largest absolute Gasteiger partial charge is 0.393 e. The first kappa shape index (κ1) is 13.7. The van der Waals surface area contributed by atoms with E-state index < -0.39 is 0 Å². The molecule has 90 valence electrons. The molecule has 0 spiro atoms. The number of halogens is 1. The van der Waals surface area contributed by atoms with Crippen molar-refractivity contribution in [2.75, 3.05) is 0 Å². The molecule has 0 aliphatic carbocycles. The van der Waals surface area contributed by atoms with Gasteiger partial charge in [-0.05, 0) is 30.4 Å². The van der Waals surface area contributed by atoms with E-state index in [0.717, 1.165) is 29.7 Å². The van der Waals surface area contributed by atoms with Crippen LogP contribution in [0.5, 0.6) is 0 Å². The van der Waals surface area contributed by atoms with E-state index in [1.807, 2.05) is 18.2 Å². The summed E-state index contributed by atoms with van der Waals surface area (Å²) in [7, 11) is 0. The Labute approximate surface area is 107 Å². The van der Waals surface area contributed by atoms with Gasteiger partial charge in [-0.3, -0.25) is 0 Å². The third-order valence-corrected chi connectivity index (χ3v) is 3.51. The highest BCUT2D eigenvalue weighted by Gasteiger charge is 2.08. The van der Waals surface area contributed by atoms with Gasteiger partial charge in [0.15, 0.2) is 0 Å². The van der Waals surface area contributed by atoms with Gasteiger partial charge in [0.25, 0.3) is 0 Å². The normalized spacial score (nSPS) is 13.1. The maximum Gasteiger partial charge on any atom is 0.0581 e. The van der Waals surface area contributed by atoms with Gasteiger partial charge in [-0.15, -0.1) is 0 Å². The molecule has 0 fully saturated rings. The van der Waals surface area contributed by atoms with Crippen molar-refractivity contribution in [3.63, 3.8) is 0 Å². The first-order valence-corrected chi connectivity index (χ1v) is 6.80. The van der Waals surface area contributed by atoms with Crippen LogP contribution in [0.3, 0.4) is 0 Å². The molecule has 0 saturated heterocycles. The molecular weight excluding hydrogens is 264 g/mol.